The quantitative estimate of drug-likeness (QED) is 0.375. The van der Waals surface area contributed by atoms with Gasteiger partial charge in [-0.1, -0.05) is 0 Å². The molecule has 0 unspecified atom stereocenters. The van der Waals surface area contributed by atoms with E-state index in [4.69, 9.17) is 5.11 Å². The fraction of sp³-hybridized carbons (Fsp3) is 1.00. The Bertz CT molecular complexity index is 165. The Balaban J connectivity index is -0.0000000317. The van der Waals surface area contributed by atoms with Crippen LogP contribution in [0.15, 0.2) is 0 Å². The van der Waals surface area contributed by atoms with Crippen molar-refractivity contribution >= 4 is 15.6 Å². The van der Waals surface area contributed by atoms with Crippen molar-refractivity contribution in [2.75, 3.05) is 7.11 Å². The smallest absolute Gasteiger partial charge is 0.790 e. The van der Waals surface area contributed by atoms with Gasteiger partial charge in [0.05, 0.1) is 15.6 Å². The average Bonchev–Trinajstić information content (AvgIpc) is 1.60. The standard InChI is InChI=1S/CH4O.4K.H4O7P2/c1-2;;;;;1-8(2,3)7-9(4,5)6/h2H,1H3;;;;;(H2,1,2,3)(H2,4,5,6)/q;4*+1;/p-4. The van der Waals surface area contributed by atoms with Crippen LogP contribution in [0.1, 0.15) is 0 Å². The molecule has 0 aromatic carbocycles. The molecule has 15 heavy (non-hydrogen) atoms. The van der Waals surface area contributed by atoms with Crippen LogP contribution in [-0.4, -0.2) is 12.2 Å². The van der Waals surface area contributed by atoms with E-state index in [2.05, 4.69) is 4.31 Å². The number of aliphatic hydroxyl groups is 1. The molecule has 0 atom stereocenters. The fourth-order valence-corrected chi connectivity index (χ4v) is 1.10. The minimum absolute atomic E-state index is 0. The molecule has 0 rings (SSSR count). The van der Waals surface area contributed by atoms with Crippen molar-refractivity contribution in [2.45, 2.75) is 0 Å². The second-order valence-corrected chi connectivity index (χ2v) is 3.42. The molecular weight excluding hydrogens is 358 g/mol. The maximum Gasteiger partial charge on any atom is 1.00 e. The van der Waals surface area contributed by atoms with Gasteiger partial charge in [-0.2, -0.15) is 0 Å². The van der Waals surface area contributed by atoms with Gasteiger partial charge in [0.25, 0.3) is 0 Å². The van der Waals surface area contributed by atoms with Crippen molar-refractivity contribution < 1.29 is 244 Å². The zero-order valence-corrected chi connectivity index (χ0v) is 23.5. The molecule has 0 aliphatic heterocycles. The summed E-state index contributed by atoms with van der Waals surface area (Å²) in [6.07, 6.45) is 0. The van der Waals surface area contributed by atoms with Gasteiger partial charge in [0.1, 0.15) is 0 Å². The Kier molecular flexibility index (Phi) is 52.3. The van der Waals surface area contributed by atoms with E-state index >= 15 is 0 Å². The molecule has 14 heteroatoms. The first-order chi connectivity index (χ1) is 4.71. The molecule has 0 bridgehead atoms. The second kappa shape index (κ2) is 20.8. The summed E-state index contributed by atoms with van der Waals surface area (Å²) in [6.45, 7) is 0. The van der Waals surface area contributed by atoms with Crippen LogP contribution in [0.3, 0.4) is 0 Å². The van der Waals surface area contributed by atoms with E-state index in [-0.39, 0.29) is 206 Å². The van der Waals surface area contributed by atoms with E-state index in [1.54, 1.807) is 0 Å². The molecule has 0 aliphatic rings. The Morgan fingerprint density at radius 2 is 0.933 bits per heavy atom. The summed E-state index contributed by atoms with van der Waals surface area (Å²) in [5, 5.41) is 7.00. The molecule has 0 saturated carbocycles. The molecule has 0 radical (unpaired) electrons. The molecule has 0 aliphatic carbocycles. The molecule has 1 N–H and O–H groups in total. The summed E-state index contributed by atoms with van der Waals surface area (Å²) in [5.41, 5.74) is 0. The Morgan fingerprint density at radius 1 is 0.800 bits per heavy atom. The van der Waals surface area contributed by atoms with Crippen LogP contribution < -0.4 is 225 Å². The van der Waals surface area contributed by atoms with E-state index in [1.165, 1.54) is 0 Å². The Morgan fingerprint density at radius 3 is 0.933 bits per heavy atom. The number of hydrogen-bond acceptors (Lipinski definition) is 8. The van der Waals surface area contributed by atoms with Crippen LogP contribution in [0, 0.1) is 0 Å². The van der Waals surface area contributed by atoms with Crippen LogP contribution in [0.4, 0.5) is 0 Å². The summed E-state index contributed by atoms with van der Waals surface area (Å²) in [4.78, 5) is 37.3. The zero-order valence-electron chi connectivity index (χ0n) is 9.20. The van der Waals surface area contributed by atoms with Crippen LogP contribution >= 0.6 is 15.6 Å². The molecule has 0 heterocycles. The van der Waals surface area contributed by atoms with Gasteiger partial charge in [0.2, 0.25) is 0 Å². The molecule has 70 valence electrons. The number of rotatable bonds is 2. The number of aliphatic hydroxyl groups excluding tert-OH is 1. The predicted octanol–water partition coefficient (Wildman–Crippen LogP) is -15.7. The van der Waals surface area contributed by atoms with Crippen molar-refractivity contribution in [3.05, 3.63) is 0 Å². The Labute approximate surface area is 258 Å². The topological polar surface area (TPSA) is 156 Å². The third kappa shape index (κ3) is 44.9. The van der Waals surface area contributed by atoms with Gasteiger partial charge in [-0.05, 0) is 0 Å². The second-order valence-electron chi connectivity index (χ2n) is 0.976. The third-order valence-corrected chi connectivity index (χ3v) is 1.80. The number of phosphoric acid groups is 2. The summed E-state index contributed by atoms with van der Waals surface area (Å²) < 4.78 is 21.2. The van der Waals surface area contributed by atoms with Crippen LogP contribution in [-0.2, 0) is 13.4 Å². The molecule has 0 saturated heterocycles. The SMILES string of the molecule is CO.O=P([O-])([O-])OP(=O)([O-])[O-].[K+].[K+].[K+].[K+]. The van der Waals surface area contributed by atoms with E-state index in [0.29, 0.717) is 0 Å². The molecule has 8 nitrogen and oxygen atoms in total. The van der Waals surface area contributed by atoms with Crippen LogP contribution in [0.25, 0.3) is 0 Å². The summed E-state index contributed by atoms with van der Waals surface area (Å²) in [7, 11) is -10.4. The van der Waals surface area contributed by atoms with E-state index in [1.807, 2.05) is 0 Å². The van der Waals surface area contributed by atoms with Crippen molar-refractivity contribution in [3.63, 3.8) is 0 Å². The molecule has 0 amide bonds. The first kappa shape index (κ1) is 37.8. The van der Waals surface area contributed by atoms with Crippen LogP contribution in [0.5, 0.6) is 0 Å². The maximum absolute atomic E-state index is 9.32. The molecular formula is CH4K4O8P2. The average molecular weight is 362 g/mol. The van der Waals surface area contributed by atoms with Crippen molar-refractivity contribution in [1.82, 2.24) is 0 Å². The van der Waals surface area contributed by atoms with Gasteiger partial charge in [-0.15, -0.1) is 0 Å². The largest absolute Gasteiger partial charge is 1.00 e. The summed E-state index contributed by atoms with van der Waals surface area (Å²) in [6, 6.07) is 0. The normalized spacial score (nSPS) is 8.67. The maximum atomic E-state index is 9.32. The number of hydrogen-bond donors (Lipinski definition) is 1. The van der Waals surface area contributed by atoms with Gasteiger partial charge >= 0.3 is 206 Å². The minimum atomic E-state index is -5.68. The summed E-state index contributed by atoms with van der Waals surface area (Å²) in [5.74, 6) is 0. The van der Waals surface area contributed by atoms with Crippen molar-refractivity contribution in [1.29, 1.82) is 0 Å². The Hall–Kier alpha value is 6.77. The van der Waals surface area contributed by atoms with E-state index in [0.717, 1.165) is 7.11 Å². The first-order valence-electron chi connectivity index (χ1n) is 1.91. The fourth-order valence-electron chi connectivity index (χ4n) is 0.122. The van der Waals surface area contributed by atoms with Gasteiger partial charge in [-0.3, -0.25) is 0 Å². The molecule has 0 spiro atoms. The van der Waals surface area contributed by atoms with E-state index in [9.17, 15) is 28.7 Å². The minimum Gasteiger partial charge on any atom is -0.790 e. The summed E-state index contributed by atoms with van der Waals surface area (Å²) >= 11 is 0. The first-order valence-corrected chi connectivity index (χ1v) is 4.83. The van der Waals surface area contributed by atoms with Crippen LogP contribution in [0.2, 0.25) is 0 Å². The van der Waals surface area contributed by atoms with Crippen molar-refractivity contribution in [2.24, 2.45) is 0 Å². The third-order valence-electron chi connectivity index (χ3n) is 0.200. The predicted molar refractivity (Wildman–Crippen MR) is 24.4 cm³/mol. The van der Waals surface area contributed by atoms with E-state index < -0.39 is 15.6 Å². The van der Waals surface area contributed by atoms with Gasteiger partial charge < -0.3 is 38.1 Å². The monoisotopic (exact) mass is 362 g/mol. The van der Waals surface area contributed by atoms with Gasteiger partial charge in [-0.25, -0.2) is 0 Å². The molecule has 0 aromatic heterocycles. The van der Waals surface area contributed by atoms with Crippen molar-refractivity contribution in [3.8, 4) is 0 Å². The van der Waals surface area contributed by atoms with Gasteiger partial charge in [0, 0.05) is 7.11 Å². The molecule has 0 fully saturated rings. The zero-order chi connectivity index (χ0) is 9.71. The van der Waals surface area contributed by atoms with Gasteiger partial charge in [0.15, 0.2) is 0 Å². The molecule has 0 aromatic rings.